The van der Waals surface area contributed by atoms with Crippen LogP contribution in [0, 0.1) is 0 Å². The van der Waals surface area contributed by atoms with Crippen LogP contribution in [-0.2, 0) is 6.42 Å². The largest absolute Gasteiger partial charge is 0.366 e. The maximum absolute atomic E-state index is 10.9. The quantitative estimate of drug-likeness (QED) is 0.845. The molecule has 0 aliphatic heterocycles. The minimum atomic E-state index is -0.520. The van der Waals surface area contributed by atoms with Crippen LogP contribution < -0.4 is 11.1 Å². The number of nitrogens with zero attached hydrogens (tertiary/aromatic N) is 3. The first-order valence-corrected chi connectivity index (χ1v) is 5.86. The lowest BCUT2D eigenvalue weighted by molar-refractivity contribution is 0.1000. The average Bonchev–Trinajstić information content (AvgIpc) is 2.87. The molecule has 2 heterocycles. The Morgan fingerprint density at radius 2 is 2.25 bits per heavy atom. The number of aromatic nitrogens is 3. The number of primary amides is 1. The predicted octanol–water partition coefficient (Wildman–Crippen LogP) is 0.803. The average molecular weight is 298 g/mol. The summed E-state index contributed by atoms with van der Waals surface area (Å²) in [6.45, 7) is 2.02. The number of hydrogen-bond acceptors (Lipinski definition) is 6. The van der Waals surface area contributed by atoms with Crippen LogP contribution in [0.3, 0.4) is 0 Å². The monoisotopic (exact) mass is 297 g/mol. The molecule has 2 aromatic rings. The standard InChI is InChI=1S/C12H15N5O2.ClH/c1-7(14-2)5-10-16-12(19-17-10)9-4-3-8(6-15-9)11(13)18;/h3-4,6-7,14H,5H2,1-2H3,(H2,13,18);1H. The molecule has 0 aromatic carbocycles. The molecule has 2 rings (SSSR count). The highest BCUT2D eigenvalue weighted by Crippen LogP contribution is 2.15. The Balaban J connectivity index is 0.00000200. The summed E-state index contributed by atoms with van der Waals surface area (Å²) in [5.74, 6) is 0.417. The van der Waals surface area contributed by atoms with Crippen LogP contribution in [0.1, 0.15) is 23.1 Å². The summed E-state index contributed by atoms with van der Waals surface area (Å²) in [4.78, 5) is 19.2. The van der Waals surface area contributed by atoms with Gasteiger partial charge in [0.2, 0.25) is 5.91 Å². The van der Waals surface area contributed by atoms with Crippen molar-refractivity contribution >= 4 is 18.3 Å². The van der Waals surface area contributed by atoms with Gasteiger partial charge in [-0.1, -0.05) is 5.16 Å². The minimum absolute atomic E-state index is 0. The summed E-state index contributed by atoms with van der Waals surface area (Å²) < 4.78 is 5.13. The highest BCUT2D eigenvalue weighted by Gasteiger charge is 2.12. The normalized spacial score (nSPS) is 11.7. The number of carbonyl (C=O) groups is 1. The van der Waals surface area contributed by atoms with Crippen molar-refractivity contribution in [1.29, 1.82) is 0 Å². The van der Waals surface area contributed by atoms with E-state index >= 15 is 0 Å². The smallest absolute Gasteiger partial charge is 0.276 e. The van der Waals surface area contributed by atoms with E-state index in [2.05, 4.69) is 20.4 Å². The van der Waals surface area contributed by atoms with Gasteiger partial charge < -0.3 is 15.6 Å². The molecular weight excluding hydrogens is 282 g/mol. The van der Waals surface area contributed by atoms with Crippen LogP contribution in [0.25, 0.3) is 11.6 Å². The van der Waals surface area contributed by atoms with E-state index in [1.165, 1.54) is 6.20 Å². The van der Waals surface area contributed by atoms with E-state index in [0.717, 1.165) is 0 Å². The van der Waals surface area contributed by atoms with E-state index in [1.807, 2.05) is 14.0 Å². The fourth-order valence-corrected chi connectivity index (χ4v) is 1.48. The van der Waals surface area contributed by atoms with Crippen molar-refractivity contribution in [3.05, 3.63) is 29.7 Å². The Bertz CT molecular complexity index is 569. The molecule has 0 aliphatic rings. The third-order valence-corrected chi connectivity index (χ3v) is 2.72. The van der Waals surface area contributed by atoms with Crippen molar-refractivity contribution in [2.75, 3.05) is 7.05 Å². The number of pyridine rings is 1. The maximum atomic E-state index is 10.9. The van der Waals surface area contributed by atoms with Crippen LogP contribution in [-0.4, -0.2) is 34.1 Å². The second-order valence-electron chi connectivity index (χ2n) is 4.21. The fourth-order valence-electron chi connectivity index (χ4n) is 1.48. The van der Waals surface area contributed by atoms with Gasteiger partial charge in [-0.3, -0.25) is 9.78 Å². The zero-order valence-electron chi connectivity index (χ0n) is 11.2. The molecule has 1 atom stereocenters. The number of halogens is 1. The van der Waals surface area contributed by atoms with E-state index < -0.39 is 5.91 Å². The Labute approximate surface area is 122 Å². The minimum Gasteiger partial charge on any atom is -0.366 e. The molecule has 0 spiro atoms. The van der Waals surface area contributed by atoms with E-state index in [4.69, 9.17) is 10.3 Å². The lowest BCUT2D eigenvalue weighted by Gasteiger charge is -2.04. The van der Waals surface area contributed by atoms with Gasteiger partial charge in [-0.15, -0.1) is 12.4 Å². The van der Waals surface area contributed by atoms with Crippen molar-refractivity contribution in [3.63, 3.8) is 0 Å². The van der Waals surface area contributed by atoms with E-state index in [9.17, 15) is 4.79 Å². The number of amides is 1. The van der Waals surface area contributed by atoms with Crippen molar-refractivity contribution in [2.24, 2.45) is 5.73 Å². The zero-order valence-corrected chi connectivity index (χ0v) is 12.0. The molecule has 0 saturated heterocycles. The lowest BCUT2D eigenvalue weighted by atomic mass is 10.2. The van der Waals surface area contributed by atoms with Crippen LogP contribution in [0.4, 0.5) is 0 Å². The number of nitrogens with two attached hydrogens (primary N) is 1. The second kappa shape index (κ2) is 6.97. The number of hydrogen-bond donors (Lipinski definition) is 2. The van der Waals surface area contributed by atoms with Gasteiger partial charge >= 0.3 is 0 Å². The fraction of sp³-hybridized carbons (Fsp3) is 0.333. The van der Waals surface area contributed by atoms with E-state index in [-0.39, 0.29) is 18.4 Å². The van der Waals surface area contributed by atoms with Gasteiger partial charge in [0.25, 0.3) is 5.89 Å². The molecule has 0 aliphatic carbocycles. The third kappa shape index (κ3) is 3.75. The van der Waals surface area contributed by atoms with Gasteiger partial charge in [0.05, 0.1) is 5.56 Å². The topological polar surface area (TPSA) is 107 Å². The summed E-state index contributed by atoms with van der Waals surface area (Å²) in [7, 11) is 1.87. The number of likely N-dealkylation sites (N-methyl/N-ethyl adjacent to an activating group) is 1. The summed E-state index contributed by atoms with van der Waals surface area (Å²) in [5.41, 5.74) is 5.99. The Hall–Kier alpha value is -1.99. The van der Waals surface area contributed by atoms with Gasteiger partial charge in [0.15, 0.2) is 5.82 Å². The predicted molar refractivity (Wildman–Crippen MR) is 75.5 cm³/mol. The molecule has 0 saturated carbocycles. The molecule has 1 unspecified atom stereocenters. The Morgan fingerprint density at radius 3 is 2.80 bits per heavy atom. The first-order chi connectivity index (χ1) is 9.10. The van der Waals surface area contributed by atoms with Crippen LogP contribution in [0.15, 0.2) is 22.9 Å². The molecule has 0 bridgehead atoms. The second-order valence-corrected chi connectivity index (χ2v) is 4.21. The molecule has 20 heavy (non-hydrogen) atoms. The molecule has 2 aromatic heterocycles. The van der Waals surface area contributed by atoms with Crippen molar-refractivity contribution in [3.8, 4) is 11.6 Å². The highest BCUT2D eigenvalue weighted by atomic mass is 35.5. The SMILES string of the molecule is CNC(C)Cc1noc(-c2ccc(C(N)=O)cn2)n1.Cl. The van der Waals surface area contributed by atoms with Crippen molar-refractivity contribution < 1.29 is 9.32 Å². The van der Waals surface area contributed by atoms with E-state index in [1.54, 1.807) is 12.1 Å². The van der Waals surface area contributed by atoms with Gasteiger partial charge in [-0.25, -0.2) is 0 Å². The summed E-state index contributed by atoms with van der Waals surface area (Å²) in [6, 6.07) is 3.46. The molecule has 3 N–H and O–H groups in total. The van der Waals surface area contributed by atoms with Crippen LogP contribution >= 0.6 is 12.4 Å². The molecule has 7 nitrogen and oxygen atoms in total. The highest BCUT2D eigenvalue weighted by molar-refractivity contribution is 5.92. The third-order valence-electron chi connectivity index (χ3n) is 2.72. The number of rotatable bonds is 5. The van der Waals surface area contributed by atoms with Gasteiger partial charge in [-0.05, 0) is 26.1 Å². The number of nitrogens with one attached hydrogen (secondary N) is 1. The summed E-state index contributed by atoms with van der Waals surface area (Å²) in [6.07, 6.45) is 2.05. The Kier molecular flexibility index (Phi) is 5.60. The molecule has 1 amide bonds. The lowest BCUT2D eigenvalue weighted by Crippen LogP contribution is -2.24. The first kappa shape index (κ1) is 16.1. The van der Waals surface area contributed by atoms with Crippen LogP contribution in [0.2, 0.25) is 0 Å². The van der Waals surface area contributed by atoms with Gasteiger partial charge in [0, 0.05) is 18.7 Å². The van der Waals surface area contributed by atoms with Crippen LogP contribution in [0.5, 0.6) is 0 Å². The maximum Gasteiger partial charge on any atom is 0.276 e. The number of carbonyl (C=O) groups excluding carboxylic acids is 1. The van der Waals surface area contributed by atoms with Crippen molar-refractivity contribution in [2.45, 2.75) is 19.4 Å². The molecular formula is C12H16ClN5O2. The van der Waals surface area contributed by atoms with Gasteiger partial charge in [0.1, 0.15) is 5.69 Å². The van der Waals surface area contributed by atoms with Crippen molar-refractivity contribution in [1.82, 2.24) is 20.4 Å². The Morgan fingerprint density at radius 1 is 1.50 bits per heavy atom. The zero-order chi connectivity index (χ0) is 13.8. The van der Waals surface area contributed by atoms with E-state index in [0.29, 0.717) is 29.4 Å². The molecule has 108 valence electrons. The first-order valence-electron chi connectivity index (χ1n) is 5.86. The van der Waals surface area contributed by atoms with Gasteiger partial charge in [-0.2, -0.15) is 4.98 Å². The molecule has 0 fully saturated rings. The molecule has 0 radical (unpaired) electrons. The summed E-state index contributed by atoms with van der Waals surface area (Å²) >= 11 is 0. The molecule has 8 heteroatoms. The summed E-state index contributed by atoms with van der Waals surface area (Å²) in [5, 5.41) is 6.97.